The molecule has 96 valence electrons. The van der Waals surface area contributed by atoms with Gasteiger partial charge >= 0.3 is 0 Å². The summed E-state index contributed by atoms with van der Waals surface area (Å²) in [5.74, 6) is 0. The van der Waals surface area contributed by atoms with Crippen LogP contribution in [0.5, 0.6) is 0 Å². The van der Waals surface area contributed by atoms with Gasteiger partial charge in [-0.2, -0.15) is 0 Å². The van der Waals surface area contributed by atoms with E-state index in [2.05, 4.69) is 56.2 Å². The molecule has 2 aliphatic heterocycles. The van der Waals surface area contributed by atoms with E-state index in [1.807, 2.05) is 0 Å². The lowest BCUT2D eigenvalue weighted by Crippen LogP contribution is -2.40. The fourth-order valence-corrected chi connectivity index (χ4v) is 2.89. The zero-order valence-electron chi connectivity index (χ0n) is 11.8. The molecular weight excluding hydrogens is 210 g/mol. The zero-order valence-corrected chi connectivity index (χ0v) is 11.8. The Morgan fingerprint density at radius 3 is 2.29 bits per heavy atom. The fourth-order valence-electron chi connectivity index (χ4n) is 2.89. The van der Waals surface area contributed by atoms with Crippen molar-refractivity contribution in [2.45, 2.75) is 46.2 Å². The fraction of sp³-hybridized carbons (Fsp3) is 0.714. The smallest absolute Gasteiger partial charge is 0.0562 e. The first kappa shape index (κ1) is 12.5. The minimum Gasteiger partial charge on any atom is -0.296 e. The largest absolute Gasteiger partial charge is 0.296 e. The van der Waals surface area contributed by atoms with E-state index < -0.39 is 0 Å². The third-order valence-corrected chi connectivity index (χ3v) is 3.90. The quantitative estimate of drug-likeness (QED) is 0.728. The third-order valence-electron chi connectivity index (χ3n) is 3.90. The second-order valence-electron chi connectivity index (χ2n) is 5.65. The highest BCUT2D eigenvalue weighted by Crippen LogP contribution is 2.37. The Balaban J connectivity index is 2.27. The van der Waals surface area contributed by atoms with Crippen LogP contribution in [0, 0.1) is 0 Å². The van der Waals surface area contributed by atoms with Gasteiger partial charge in [0.2, 0.25) is 0 Å². The van der Waals surface area contributed by atoms with Crippen molar-refractivity contribution in [2.24, 2.45) is 0 Å². The summed E-state index contributed by atoms with van der Waals surface area (Å²) in [6.07, 6.45) is 1.15. The summed E-state index contributed by atoms with van der Waals surface area (Å²) in [6, 6.07) is 1.13. The number of hydrogen-bond acceptors (Lipinski definition) is 3. The Kier molecular flexibility index (Phi) is 3.21. The number of hydrazine groups is 1. The molecule has 0 aromatic rings. The molecular formula is C14H25N3. The molecule has 0 saturated heterocycles. The van der Waals surface area contributed by atoms with Crippen LogP contribution in [0.25, 0.3) is 0 Å². The molecule has 0 aromatic carbocycles. The van der Waals surface area contributed by atoms with Gasteiger partial charge in [-0.25, -0.2) is 0 Å². The van der Waals surface area contributed by atoms with E-state index in [-0.39, 0.29) is 0 Å². The molecule has 0 aliphatic carbocycles. The summed E-state index contributed by atoms with van der Waals surface area (Å²) < 4.78 is 0. The lowest BCUT2D eigenvalue weighted by atomic mass is 10.0. The van der Waals surface area contributed by atoms with Crippen LogP contribution in [0.15, 0.2) is 23.5 Å². The van der Waals surface area contributed by atoms with Crippen molar-refractivity contribution < 1.29 is 0 Å². The molecule has 0 bridgehead atoms. The van der Waals surface area contributed by atoms with Crippen molar-refractivity contribution in [3.8, 4) is 0 Å². The average molecular weight is 235 g/mol. The highest BCUT2D eigenvalue weighted by atomic mass is 15.6. The van der Waals surface area contributed by atoms with Crippen LogP contribution in [0.2, 0.25) is 0 Å². The molecule has 2 rings (SSSR count). The highest BCUT2D eigenvalue weighted by molar-refractivity contribution is 5.39. The molecule has 0 amide bonds. The molecule has 0 atom stereocenters. The molecule has 2 heterocycles. The molecule has 0 unspecified atom stereocenters. The van der Waals surface area contributed by atoms with E-state index in [0.29, 0.717) is 12.1 Å². The molecule has 0 saturated carbocycles. The van der Waals surface area contributed by atoms with Crippen molar-refractivity contribution in [1.82, 2.24) is 14.9 Å². The molecule has 0 radical (unpaired) electrons. The molecule has 0 N–H and O–H groups in total. The summed E-state index contributed by atoms with van der Waals surface area (Å²) in [5.41, 5.74) is 4.12. The summed E-state index contributed by atoms with van der Waals surface area (Å²) >= 11 is 0. The first-order chi connectivity index (χ1) is 7.93. The van der Waals surface area contributed by atoms with E-state index in [9.17, 15) is 0 Å². The number of nitrogens with zero attached hydrogens (tertiary/aromatic N) is 3. The summed E-state index contributed by atoms with van der Waals surface area (Å²) in [7, 11) is 2.13. The zero-order chi connectivity index (χ0) is 12.7. The van der Waals surface area contributed by atoms with Crippen LogP contribution in [0.4, 0.5) is 0 Å². The average Bonchev–Trinajstić information content (AvgIpc) is 2.51. The second-order valence-corrected chi connectivity index (χ2v) is 5.65. The number of rotatable bonds is 2. The predicted molar refractivity (Wildman–Crippen MR) is 72.2 cm³/mol. The van der Waals surface area contributed by atoms with Gasteiger partial charge in [-0.1, -0.05) is 6.58 Å². The SMILES string of the molecule is C=C1C2=C(CCN(C(C)C)C2)N(C(C)C)N1C. The summed E-state index contributed by atoms with van der Waals surface area (Å²) in [4.78, 5) is 2.53. The maximum atomic E-state index is 4.25. The highest BCUT2D eigenvalue weighted by Gasteiger charge is 2.35. The Hall–Kier alpha value is -0.960. The second kappa shape index (κ2) is 4.37. The van der Waals surface area contributed by atoms with Gasteiger partial charge < -0.3 is 0 Å². The maximum absolute atomic E-state index is 4.25. The Labute approximate surface area is 105 Å². The van der Waals surface area contributed by atoms with Crippen molar-refractivity contribution in [1.29, 1.82) is 0 Å². The van der Waals surface area contributed by atoms with Gasteiger partial charge in [0, 0.05) is 49.9 Å². The number of hydrogen-bond donors (Lipinski definition) is 0. The van der Waals surface area contributed by atoms with Gasteiger partial charge in [-0.3, -0.25) is 14.9 Å². The van der Waals surface area contributed by atoms with Gasteiger partial charge in [0.15, 0.2) is 0 Å². The monoisotopic (exact) mass is 235 g/mol. The van der Waals surface area contributed by atoms with Gasteiger partial charge in [0.1, 0.15) is 0 Å². The number of likely N-dealkylation sites (N-methyl/N-ethyl adjacent to an activating group) is 1. The minimum absolute atomic E-state index is 0.509. The first-order valence-corrected chi connectivity index (χ1v) is 6.61. The molecule has 0 fully saturated rings. The van der Waals surface area contributed by atoms with Gasteiger partial charge in [0.25, 0.3) is 0 Å². The topological polar surface area (TPSA) is 9.72 Å². The van der Waals surface area contributed by atoms with E-state index in [1.165, 1.54) is 23.5 Å². The predicted octanol–water partition coefficient (Wildman–Crippen LogP) is 2.44. The third kappa shape index (κ3) is 1.97. The normalized spacial score (nSPS) is 22.2. The van der Waals surface area contributed by atoms with E-state index in [4.69, 9.17) is 0 Å². The molecule has 0 spiro atoms. The molecule has 0 aromatic heterocycles. The van der Waals surface area contributed by atoms with Crippen molar-refractivity contribution in [3.63, 3.8) is 0 Å². The standard InChI is InChI=1S/C14H25N3/c1-10(2)16-8-7-14-13(9-16)12(5)15(6)17(14)11(3)4/h10-11H,5,7-9H2,1-4,6H3. The lowest BCUT2D eigenvalue weighted by molar-refractivity contribution is 0.0568. The Morgan fingerprint density at radius 2 is 1.76 bits per heavy atom. The molecule has 2 aliphatic rings. The maximum Gasteiger partial charge on any atom is 0.0562 e. The summed E-state index contributed by atoms with van der Waals surface area (Å²) in [5, 5.41) is 4.62. The van der Waals surface area contributed by atoms with E-state index in [1.54, 1.807) is 0 Å². The van der Waals surface area contributed by atoms with Gasteiger partial charge in [-0.15, -0.1) is 0 Å². The van der Waals surface area contributed by atoms with Crippen molar-refractivity contribution in [3.05, 3.63) is 23.5 Å². The van der Waals surface area contributed by atoms with Crippen LogP contribution < -0.4 is 0 Å². The lowest BCUT2D eigenvalue weighted by Gasteiger charge is -2.36. The van der Waals surface area contributed by atoms with Crippen molar-refractivity contribution >= 4 is 0 Å². The van der Waals surface area contributed by atoms with Crippen LogP contribution in [-0.2, 0) is 0 Å². The van der Waals surface area contributed by atoms with Gasteiger partial charge in [-0.05, 0) is 27.7 Å². The molecule has 17 heavy (non-hydrogen) atoms. The van der Waals surface area contributed by atoms with Crippen LogP contribution >= 0.6 is 0 Å². The first-order valence-electron chi connectivity index (χ1n) is 6.61. The Morgan fingerprint density at radius 1 is 1.12 bits per heavy atom. The molecule has 3 heteroatoms. The van der Waals surface area contributed by atoms with Crippen LogP contribution in [0.1, 0.15) is 34.1 Å². The van der Waals surface area contributed by atoms with E-state index >= 15 is 0 Å². The van der Waals surface area contributed by atoms with Crippen LogP contribution in [0.3, 0.4) is 0 Å². The van der Waals surface area contributed by atoms with E-state index in [0.717, 1.165) is 13.0 Å². The summed E-state index contributed by atoms with van der Waals surface area (Å²) in [6.45, 7) is 15.5. The van der Waals surface area contributed by atoms with Gasteiger partial charge in [0.05, 0.1) is 5.70 Å². The molecule has 3 nitrogen and oxygen atoms in total. The van der Waals surface area contributed by atoms with Crippen molar-refractivity contribution in [2.75, 3.05) is 20.1 Å². The minimum atomic E-state index is 0.509. The van der Waals surface area contributed by atoms with Crippen LogP contribution in [-0.4, -0.2) is 47.1 Å². The Bertz CT molecular complexity index is 354.